The largest absolute Gasteiger partial charge is 0.263 e. The molecule has 0 saturated heterocycles. The van der Waals surface area contributed by atoms with Crippen LogP contribution in [0.4, 0.5) is 5.69 Å². The van der Waals surface area contributed by atoms with Crippen molar-refractivity contribution in [3.05, 3.63) is 163 Å². The summed E-state index contributed by atoms with van der Waals surface area (Å²) in [7, 11) is 0. The minimum atomic E-state index is 0.612. The third-order valence-corrected chi connectivity index (χ3v) is 8.16. The van der Waals surface area contributed by atoms with Crippen LogP contribution in [0.2, 0.25) is 0 Å². The molecule has 0 aliphatic heterocycles. The Balaban J connectivity index is 1.29. The van der Waals surface area contributed by atoms with Gasteiger partial charge in [0.05, 0.1) is 5.69 Å². The van der Waals surface area contributed by atoms with Crippen LogP contribution in [0.15, 0.2) is 163 Å². The number of benzene rings is 6. The van der Waals surface area contributed by atoms with Gasteiger partial charge in [-0.05, 0) is 41.5 Å². The standard InChI is InChI=1S/C43H32N4/c1-3-11-35-16-10-17-39(40(35)44-2)34-22-28-38(29-23-34)43-46-41(36-24-18-32(19-25-36)30-12-6-4-7-13-30)45-42(47-43)37-26-20-33(21-27-37)31-14-8-5-9-15-31/h3-29H,2H2,1H3/b11-3-. The first-order chi connectivity index (χ1) is 23.2. The number of hydrogen-bond acceptors (Lipinski definition) is 4. The van der Waals surface area contributed by atoms with Gasteiger partial charge in [0.2, 0.25) is 0 Å². The first-order valence-corrected chi connectivity index (χ1v) is 15.6. The van der Waals surface area contributed by atoms with Crippen LogP contribution in [-0.2, 0) is 0 Å². The molecule has 0 unspecified atom stereocenters. The summed E-state index contributed by atoms with van der Waals surface area (Å²) < 4.78 is 0. The number of rotatable bonds is 8. The molecule has 4 heteroatoms. The van der Waals surface area contributed by atoms with Crippen LogP contribution in [-0.4, -0.2) is 21.7 Å². The molecule has 0 aliphatic rings. The van der Waals surface area contributed by atoms with Crippen molar-refractivity contribution in [3.63, 3.8) is 0 Å². The molecule has 0 N–H and O–H groups in total. The van der Waals surface area contributed by atoms with Gasteiger partial charge in [0.25, 0.3) is 0 Å². The topological polar surface area (TPSA) is 51.0 Å². The van der Waals surface area contributed by atoms with Gasteiger partial charge in [0.15, 0.2) is 17.5 Å². The minimum absolute atomic E-state index is 0.612. The maximum absolute atomic E-state index is 4.98. The Morgan fingerprint density at radius 3 is 1.21 bits per heavy atom. The van der Waals surface area contributed by atoms with Gasteiger partial charge in [-0.15, -0.1) is 0 Å². The number of aromatic nitrogens is 3. The molecule has 4 nitrogen and oxygen atoms in total. The van der Waals surface area contributed by atoms with Gasteiger partial charge in [0.1, 0.15) is 0 Å². The third-order valence-electron chi connectivity index (χ3n) is 8.16. The number of para-hydroxylation sites is 1. The zero-order chi connectivity index (χ0) is 32.0. The van der Waals surface area contributed by atoms with Crippen molar-refractivity contribution in [1.82, 2.24) is 15.0 Å². The smallest absolute Gasteiger partial charge is 0.164 e. The second-order valence-corrected chi connectivity index (χ2v) is 11.2. The molecule has 224 valence electrons. The van der Waals surface area contributed by atoms with E-state index in [1.165, 1.54) is 11.1 Å². The van der Waals surface area contributed by atoms with Gasteiger partial charge < -0.3 is 0 Å². The summed E-state index contributed by atoms with van der Waals surface area (Å²) in [6.45, 7) is 5.84. The molecule has 0 aliphatic carbocycles. The first kappa shape index (κ1) is 29.5. The summed E-state index contributed by atoms with van der Waals surface area (Å²) in [6, 6.07) is 52.0. The lowest BCUT2D eigenvalue weighted by Gasteiger charge is -2.11. The van der Waals surface area contributed by atoms with Crippen LogP contribution >= 0.6 is 0 Å². The van der Waals surface area contributed by atoms with E-state index in [1.807, 2.05) is 31.2 Å². The Bertz CT molecular complexity index is 2070. The Kier molecular flexibility index (Phi) is 8.39. The predicted molar refractivity (Wildman–Crippen MR) is 196 cm³/mol. The van der Waals surface area contributed by atoms with Crippen molar-refractivity contribution >= 4 is 18.5 Å². The monoisotopic (exact) mass is 604 g/mol. The van der Waals surface area contributed by atoms with Crippen LogP contribution in [0.3, 0.4) is 0 Å². The van der Waals surface area contributed by atoms with Crippen molar-refractivity contribution < 1.29 is 0 Å². The van der Waals surface area contributed by atoms with E-state index in [9.17, 15) is 0 Å². The average Bonchev–Trinajstić information content (AvgIpc) is 3.15. The van der Waals surface area contributed by atoms with Crippen molar-refractivity contribution in [2.75, 3.05) is 0 Å². The van der Waals surface area contributed by atoms with E-state index in [0.29, 0.717) is 17.5 Å². The Morgan fingerprint density at radius 1 is 0.426 bits per heavy atom. The van der Waals surface area contributed by atoms with E-state index in [-0.39, 0.29) is 0 Å². The van der Waals surface area contributed by atoms with E-state index in [2.05, 4.69) is 151 Å². The maximum Gasteiger partial charge on any atom is 0.164 e. The highest BCUT2D eigenvalue weighted by Gasteiger charge is 2.14. The molecule has 47 heavy (non-hydrogen) atoms. The van der Waals surface area contributed by atoms with E-state index >= 15 is 0 Å². The van der Waals surface area contributed by atoms with Gasteiger partial charge in [-0.1, -0.05) is 164 Å². The molecule has 7 rings (SSSR count). The predicted octanol–water partition coefficient (Wildman–Crippen LogP) is 11.2. The summed E-state index contributed by atoms with van der Waals surface area (Å²) in [5.74, 6) is 1.86. The van der Waals surface area contributed by atoms with Gasteiger partial charge >= 0.3 is 0 Å². The quantitative estimate of drug-likeness (QED) is 0.162. The lowest BCUT2D eigenvalue weighted by molar-refractivity contribution is 1.07. The number of hydrogen-bond donors (Lipinski definition) is 0. The Morgan fingerprint density at radius 2 is 0.809 bits per heavy atom. The zero-order valence-electron chi connectivity index (χ0n) is 26.1. The van der Waals surface area contributed by atoms with E-state index in [4.69, 9.17) is 15.0 Å². The van der Waals surface area contributed by atoms with Crippen molar-refractivity contribution in [1.29, 1.82) is 0 Å². The lowest BCUT2D eigenvalue weighted by Crippen LogP contribution is -2.00. The Labute approximate surface area is 275 Å². The van der Waals surface area contributed by atoms with E-state index in [1.54, 1.807) is 0 Å². The van der Waals surface area contributed by atoms with E-state index in [0.717, 1.165) is 50.2 Å². The normalized spacial score (nSPS) is 11.1. The van der Waals surface area contributed by atoms with Crippen molar-refractivity contribution in [2.24, 2.45) is 4.99 Å². The second kappa shape index (κ2) is 13.4. The number of allylic oxidation sites excluding steroid dienone is 1. The van der Waals surface area contributed by atoms with Crippen LogP contribution in [0.25, 0.3) is 73.6 Å². The molecule has 7 aromatic rings. The molecular weight excluding hydrogens is 573 g/mol. The molecule has 0 amide bonds. The molecule has 1 heterocycles. The van der Waals surface area contributed by atoms with Crippen LogP contribution < -0.4 is 0 Å². The number of nitrogens with zero attached hydrogens (tertiary/aromatic N) is 4. The van der Waals surface area contributed by atoms with Crippen LogP contribution in [0.5, 0.6) is 0 Å². The molecule has 0 saturated carbocycles. The van der Waals surface area contributed by atoms with Crippen LogP contribution in [0.1, 0.15) is 12.5 Å². The molecule has 0 bridgehead atoms. The average molecular weight is 605 g/mol. The number of aliphatic imine (C=N–C) groups is 1. The lowest BCUT2D eigenvalue weighted by atomic mass is 9.98. The van der Waals surface area contributed by atoms with E-state index < -0.39 is 0 Å². The molecule has 1 aromatic heterocycles. The summed E-state index contributed by atoms with van der Waals surface area (Å²) in [4.78, 5) is 19.3. The zero-order valence-corrected chi connectivity index (χ0v) is 26.1. The summed E-state index contributed by atoms with van der Waals surface area (Å²) in [6.07, 6.45) is 4.06. The van der Waals surface area contributed by atoms with Crippen molar-refractivity contribution in [3.8, 4) is 67.5 Å². The minimum Gasteiger partial charge on any atom is -0.263 e. The highest BCUT2D eigenvalue weighted by atomic mass is 15.0. The van der Waals surface area contributed by atoms with Gasteiger partial charge in [-0.25, -0.2) is 15.0 Å². The maximum atomic E-state index is 4.98. The van der Waals surface area contributed by atoms with Crippen LogP contribution in [0, 0.1) is 0 Å². The van der Waals surface area contributed by atoms with Gasteiger partial charge in [-0.2, -0.15) is 0 Å². The highest BCUT2D eigenvalue weighted by molar-refractivity contribution is 5.84. The molecule has 0 spiro atoms. The second-order valence-electron chi connectivity index (χ2n) is 11.2. The summed E-state index contributed by atoms with van der Waals surface area (Å²) in [5, 5.41) is 0. The summed E-state index contributed by atoms with van der Waals surface area (Å²) in [5.41, 5.74) is 11.3. The molecule has 0 fully saturated rings. The first-order valence-electron chi connectivity index (χ1n) is 15.6. The molecule has 0 atom stereocenters. The molecule has 0 radical (unpaired) electrons. The SMILES string of the molecule is C=Nc1c(/C=C\C)cccc1-c1ccc(-c2nc(-c3ccc(-c4ccccc4)cc3)nc(-c3ccc(-c4ccccc4)cc3)n2)cc1. The summed E-state index contributed by atoms with van der Waals surface area (Å²) >= 11 is 0. The molecular formula is C43H32N4. The van der Waals surface area contributed by atoms with Crippen molar-refractivity contribution in [2.45, 2.75) is 6.92 Å². The van der Waals surface area contributed by atoms with Gasteiger partial charge in [-0.3, -0.25) is 4.99 Å². The van der Waals surface area contributed by atoms with Gasteiger partial charge in [0, 0.05) is 27.8 Å². The third kappa shape index (κ3) is 6.31. The fourth-order valence-electron chi connectivity index (χ4n) is 5.73. The fraction of sp³-hybridized carbons (Fsp3) is 0.0233. The fourth-order valence-corrected chi connectivity index (χ4v) is 5.73. The molecule has 6 aromatic carbocycles. The highest BCUT2D eigenvalue weighted by Crippen LogP contribution is 2.35. The Hall–Kier alpha value is -6.26.